The lowest BCUT2D eigenvalue weighted by Gasteiger charge is -2.05. The lowest BCUT2D eigenvalue weighted by Crippen LogP contribution is -1.96. The highest BCUT2D eigenvalue weighted by atomic mass is 127. The molecule has 0 saturated carbocycles. The predicted molar refractivity (Wildman–Crippen MR) is 85.9 cm³/mol. The highest BCUT2D eigenvalue weighted by Gasteiger charge is 2.32. The molecule has 0 atom stereocenters. The summed E-state index contributed by atoms with van der Waals surface area (Å²) in [6.45, 7) is 0. The summed E-state index contributed by atoms with van der Waals surface area (Å²) in [5.74, 6) is -0.184. The molecule has 0 radical (unpaired) electrons. The zero-order valence-corrected chi connectivity index (χ0v) is 13.3. The summed E-state index contributed by atoms with van der Waals surface area (Å²) in [5.41, 5.74) is 0.933. The third kappa shape index (κ3) is 2.18. The van der Waals surface area contributed by atoms with Crippen molar-refractivity contribution in [2.45, 2.75) is 0 Å². The van der Waals surface area contributed by atoms with E-state index in [9.17, 15) is 5.11 Å². The number of fused-ring (bicyclic) bond motifs is 1. The highest BCUT2D eigenvalue weighted by molar-refractivity contribution is 14.1. The summed E-state index contributed by atoms with van der Waals surface area (Å²) < 4.78 is 0.0153. The number of rotatable bonds is 1. The van der Waals surface area contributed by atoms with Gasteiger partial charge in [0.05, 0.1) is 15.6 Å². The molecule has 2 N–H and O–H groups in total. The second kappa shape index (κ2) is 5.45. The molecule has 0 fully saturated rings. The van der Waals surface area contributed by atoms with Crippen molar-refractivity contribution in [1.29, 1.82) is 15.9 Å². The van der Waals surface area contributed by atoms with Gasteiger partial charge < -0.3 is 5.11 Å². The number of nitrogens with zero attached hydrogens (tertiary/aromatic N) is 2. The summed E-state index contributed by atoms with van der Waals surface area (Å²) in [7, 11) is 0. The first-order valence-corrected chi connectivity index (χ1v) is 6.98. The predicted octanol–water partition coefficient (Wildman–Crippen LogP) is 4.49. The number of aliphatic hydroxyl groups excluding tert-OH is 1. The molecule has 20 heavy (non-hydrogen) atoms. The average Bonchev–Trinajstić information content (AvgIpc) is 2.66. The number of allylic oxidation sites excluding steroid dienone is 3. The monoisotopic (exact) mass is 415 g/mol. The van der Waals surface area contributed by atoms with Crippen LogP contribution in [0.1, 0.15) is 11.1 Å². The summed E-state index contributed by atoms with van der Waals surface area (Å²) in [6.07, 6.45) is 0. The fourth-order valence-corrected chi connectivity index (χ4v) is 2.80. The number of hydrogen-bond acceptors (Lipinski definition) is 4. The third-order valence-electron chi connectivity index (χ3n) is 2.76. The van der Waals surface area contributed by atoms with E-state index in [0.717, 1.165) is 0 Å². The number of nitrogens with one attached hydrogen (secondary N) is 1. The van der Waals surface area contributed by atoms with Gasteiger partial charge in [-0.05, 0) is 40.3 Å². The van der Waals surface area contributed by atoms with Gasteiger partial charge in [-0.25, -0.2) is 0 Å². The molecule has 0 unspecified atom stereocenters. The Labute approximate surface area is 138 Å². The van der Waals surface area contributed by atoms with E-state index in [4.69, 9.17) is 39.1 Å². The van der Waals surface area contributed by atoms with E-state index in [1.807, 2.05) is 0 Å². The van der Waals surface area contributed by atoms with Crippen molar-refractivity contribution in [3.05, 3.63) is 44.5 Å². The Hall–Kier alpha value is -1.54. The molecular formula is C13H4Cl2IN3O. The van der Waals surface area contributed by atoms with Crippen LogP contribution in [-0.2, 0) is 0 Å². The molecule has 0 saturated heterocycles. The fourth-order valence-electron chi connectivity index (χ4n) is 1.95. The van der Waals surface area contributed by atoms with E-state index in [-0.39, 0.29) is 36.2 Å². The van der Waals surface area contributed by atoms with E-state index >= 15 is 0 Å². The average molecular weight is 416 g/mol. The molecule has 1 aromatic rings. The Kier molecular flexibility index (Phi) is 4.05. The molecule has 0 spiro atoms. The van der Waals surface area contributed by atoms with Gasteiger partial charge in [-0.3, -0.25) is 5.41 Å². The first kappa shape index (κ1) is 14.9. The van der Waals surface area contributed by atoms with Crippen molar-refractivity contribution in [2.75, 3.05) is 0 Å². The second-order valence-corrected chi connectivity index (χ2v) is 5.72. The normalized spacial score (nSPS) is 12.8. The fraction of sp³-hybridized carbons (Fsp3) is 0. The van der Waals surface area contributed by atoms with Crippen molar-refractivity contribution in [2.24, 2.45) is 0 Å². The molecule has 0 heterocycles. The minimum atomic E-state index is -0.190. The van der Waals surface area contributed by atoms with Gasteiger partial charge in [0.1, 0.15) is 27.2 Å². The Morgan fingerprint density at radius 2 is 1.65 bits per heavy atom. The largest absolute Gasteiger partial charge is 0.507 e. The van der Waals surface area contributed by atoms with Crippen LogP contribution < -0.4 is 0 Å². The van der Waals surface area contributed by atoms with E-state index in [2.05, 4.69) is 0 Å². The molecule has 0 amide bonds. The number of aliphatic hydroxyl groups is 1. The summed E-state index contributed by atoms with van der Waals surface area (Å²) in [5, 5.41) is 36.5. The number of nitriles is 2. The zero-order valence-electron chi connectivity index (χ0n) is 9.63. The van der Waals surface area contributed by atoms with Crippen LogP contribution >= 0.6 is 45.8 Å². The molecule has 0 bridgehead atoms. The summed E-state index contributed by atoms with van der Waals surface area (Å²) in [4.78, 5) is 0. The van der Waals surface area contributed by atoms with Crippen LogP contribution in [0.5, 0.6) is 0 Å². The molecule has 0 aromatic heterocycles. The van der Waals surface area contributed by atoms with Crippen LogP contribution in [0.25, 0.3) is 11.3 Å². The van der Waals surface area contributed by atoms with Gasteiger partial charge in [-0.15, -0.1) is 0 Å². The molecule has 1 aromatic carbocycles. The van der Waals surface area contributed by atoms with Gasteiger partial charge in [0.25, 0.3) is 0 Å². The maximum atomic E-state index is 10.2. The van der Waals surface area contributed by atoms with Crippen molar-refractivity contribution < 1.29 is 5.11 Å². The third-order valence-corrected chi connectivity index (χ3v) is 4.03. The number of benzene rings is 1. The second-order valence-electron chi connectivity index (χ2n) is 3.82. The lowest BCUT2D eigenvalue weighted by molar-refractivity contribution is 0.512. The van der Waals surface area contributed by atoms with Gasteiger partial charge in [-0.2, -0.15) is 10.5 Å². The highest BCUT2D eigenvalue weighted by Crippen LogP contribution is 2.45. The molecule has 1 aliphatic carbocycles. The zero-order chi connectivity index (χ0) is 15.0. The Balaban J connectivity index is 2.94. The molecule has 4 nitrogen and oxygen atoms in total. The van der Waals surface area contributed by atoms with E-state index < -0.39 is 0 Å². The SMILES string of the molecule is N#CC(C#N)=C1C(C(=N)I)=C(O)c2cc(Cl)c(Cl)cc21. The van der Waals surface area contributed by atoms with Crippen LogP contribution in [0.4, 0.5) is 0 Å². The topological polar surface area (TPSA) is 91.7 Å². The Bertz CT molecular complexity index is 781. The van der Waals surface area contributed by atoms with Gasteiger partial charge in [0.2, 0.25) is 0 Å². The molecule has 0 aliphatic heterocycles. The first-order chi connectivity index (χ1) is 9.42. The lowest BCUT2D eigenvalue weighted by atomic mass is 9.98. The van der Waals surface area contributed by atoms with Crippen molar-refractivity contribution >= 4 is 60.8 Å². The van der Waals surface area contributed by atoms with Crippen molar-refractivity contribution in [3.8, 4) is 12.1 Å². The van der Waals surface area contributed by atoms with Gasteiger partial charge in [0.15, 0.2) is 0 Å². The van der Waals surface area contributed by atoms with Gasteiger partial charge in [0, 0.05) is 11.1 Å². The van der Waals surface area contributed by atoms with E-state index in [0.29, 0.717) is 11.1 Å². The van der Waals surface area contributed by atoms with E-state index in [1.165, 1.54) is 12.1 Å². The standard InChI is InChI=1S/C13H4Cl2IN3O/c14-8-1-6-7(2-9(8)15)12(20)11(13(16)19)10(6)5(3-17)4-18/h1-2,19-20H. The summed E-state index contributed by atoms with van der Waals surface area (Å²) in [6, 6.07) is 6.47. The van der Waals surface area contributed by atoms with Crippen LogP contribution in [0.15, 0.2) is 23.3 Å². The van der Waals surface area contributed by atoms with Crippen LogP contribution in [0, 0.1) is 28.1 Å². The smallest absolute Gasteiger partial charge is 0.138 e. The Morgan fingerprint density at radius 3 is 2.10 bits per heavy atom. The minimum absolute atomic E-state index is 0.0153. The maximum absolute atomic E-state index is 10.2. The molecule has 7 heteroatoms. The van der Waals surface area contributed by atoms with Gasteiger partial charge >= 0.3 is 0 Å². The minimum Gasteiger partial charge on any atom is -0.507 e. The van der Waals surface area contributed by atoms with Crippen molar-refractivity contribution in [1.82, 2.24) is 0 Å². The van der Waals surface area contributed by atoms with Crippen LogP contribution in [0.2, 0.25) is 10.0 Å². The van der Waals surface area contributed by atoms with Gasteiger partial charge in [-0.1, -0.05) is 23.2 Å². The summed E-state index contributed by atoms with van der Waals surface area (Å²) >= 11 is 13.6. The van der Waals surface area contributed by atoms with Crippen LogP contribution in [0.3, 0.4) is 0 Å². The quantitative estimate of drug-likeness (QED) is 0.402. The number of halogens is 3. The molecule has 2 rings (SSSR count). The maximum Gasteiger partial charge on any atom is 0.138 e. The molecule has 1 aliphatic rings. The van der Waals surface area contributed by atoms with Crippen LogP contribution in [-0.4, -0.2) is 8.82 Å². The van der Waals surface area contributed by atoms with Crippen molar-refractivity contribution in [3.63, 3.8) is 0 Å². The molecular weight excluding hydrogens is 412 g/mol. The molecule has 98 valence electrons. The number of hydrogen-bond donors (Lipinski definition) is 2. The Morgan fingerprint density at radius 1 is 1.15 bits per heavy atom. The van der Waals surface area contributed by atoms with E-state index in [1.54, 1.807) is 34.7 Å². The first-order valence-electron chi connectivity index (χ1n) is 5.14.